The first-order valence-corrected chi connectivity index (χ1v) is 5.20. The van der Waals surface area contributed by atoms with E-state index in [0.717, 1.165) is 10.5 Å². The van der Waals surface area contributed by atoms with E-state index in [-0.39, 0.29) is 0 Å². The van der Waals surface area contributed by atoms with Gasteiger partial charge in [-0.15, -0.1) is 0 Å². The molecule has 0 aromatic heterocycles. The summed E-state index contributed by atoms with van der Waals surface area (Å²) in [7, 11) is 0. The van der Waals surface area contributed by atoms with Crippen molar-refractivity contribution in [2.75, 3.05) is 6.61 Å². The minimum Gasteiger partial charge on any atom is -0.378 e. The number of rotatable bonds is 1. The lowest BCUT2D eigenvalue weighted by atomic mass is 9.99. The molecule has 0 aromatic carbocycles. The number of hydrogen-bond donors (Lipinski definition) is 0. The third-order valence-electron chi connectivity index (χ3n) is 1.99. The smallest absolute Gasteiger partial charge is 0.0608 e. The Kier molecular flexibility index (Phi) is 3.43. The van der Waals surface area contributed by atoms with Gasteiger partial charge in [-0.2, -0.15) is 0 Å². The molecule has 0 aliphatic carbocycles. The van der Waals surface area contributed by atoms with Crippen LogP contribution in [-0.4, -0.2) is 16.6 Å². The van der Waals surface area contributed by atoms with E-state index in [2.05, 4.69) is 36.4 Å². The largest absolute Gasteiger partial charge is 0.378 e. The fraction of sp³-hybridized carbons (Fsp3) is 1.00. The van der Waals surface area contributed by atoms with E-state index in [0.29, 0.717) is 12.0 Å². The molecule has 1 aliphatic heterocycles. The van der Waals surface area contributed by atoms with E-state index in [1.165, 1.54) is 12.8 Å². The van der Waals surface area contributed by atoms with Crippen LogP contribution in [0.4, 0.5) is 0 Å². The molecule has 1 aliphatic rings. The number of hydrogen-bond acceptors (Lipinski definition) is 1. The van der Waals surface area contributed by atoms with Crippen molar-refractivity contribution in [1.29, 1.82) is 0 Å². The van der Waals surface area contributed by atoms with Crippen LogP contribution < -0.4 is 0 Å². The Hall–Kier alpha value is 0.690. The lowest BCUT2D eigenvalue weighted by Crippen LogP contribution is -2.29. The van der Waals surface area contributed by atoms with Crippen molar-refractivity contribution in [3.63, 3.8) is 0 Å². The van der Waals surface area contributed by atoms with Crippen LogP contribution in [-0.2, 0) is 4.74 Å². The van der Waals surface area contributed by atoms with Gasteiger partial charge in [0.1, 0.15) is 0 Å². The first-order valence-electron chi connectivity index (χ1n) is 3.96. The number of ether oxygens (including phenoxy) is 1. The normalized spacial score (nSPS) is 34.8. The lowest BCUT2D eigenvalue weighted by Gasteiger charge is -2.28. The van der Waals surface area contributed by atoms with Crippen LogP contribution in [0, 0.1) is 5.92 Å². The Balaban J connectivity index is 2.32. The Morgan fingerprint density at radius 1 is 1.50 bits per heavy atom. The highest BCUT2D eigenvalue weighted by molar-refractivity contribution is 14.1. The standard InChI is InChI=1S/C8H15IO/c1-6(2)8-5-7(9)3-4-10-8/h6-8H,3-5H2,1-2H3. The molecule has 2 heteroatoms. The molecule has 0 amide bonds. The summed E-state index contributed by atoms with van der Waals surface area (Å²) in [5.74, 6) is 0.692. The topological polar surface area (TPSA) is 9.23 Å². The van der Waals surface area contributed by atoms with Crippen molar-refractivity contribution in [2.45, 2.75) is 36.7 Å². The van der Waals surface area contributed by atoms with Crippen molar-refractivity contribution < 1.29 is 4.74 Å². The summed E-state index contributed by atoms with van der Waals surface area (Å²) in [5.41, 5.74) is 0. The summed E-state index contributed by atoms with van der Waals surface area (Å²) in [5, 5.41) is 0. The van der Waals surface area contributed by atoms with Gasteiger partial charge in [-0.05, 0) is 18.8 Å². The fourth-order valence-electron chi connectivity index (χ4n) is 1.25. The summed E-state index contributed by atoms with van der Waals surface area (Å²) in [6, 6.07) is 0. The van der Waals surface area contributed by atoms with E-state index in [9.17, 15) is 0 Å². The van der Waals surface area contributed by atoms with Gasteiger partial charge in [0.2, 0.25) is 0 Å². The molecule has 0 N–H and O–H groups in total. The molecule has 2 atom stereocenters. The van der Waals surface area contributed by atoms with Crippen molar-refractivity contribution in [1.82, 2.24) is 0 Å². The summed E-state index contributed by atoms with van der Waals surface area (Å²) in [6.45, 7) is 5.44. The van der Waals surface area contributed by atoms with Crippen molar-refractivity contribution >= 4 is 22.6 Å². The predicted octanol–water partition coefficient (Wildman–Crippen LogP) is 2.63. The first-order chi connectivity index (χ1) is 4.70. The highest BCUT2D eigenvalue weighted by Crippen LogP contribution is 2.24. The average molecular weight is 254 g/mol. The zero-order valence-corrected chi connectivity index (χ0v) is 8.80. The molecular formula is C8H15IO. The Labute approximate surface area is 76.7 Å². The van der Waals surface area contributed by atoms with Gasteiger partial charge < -0.3 is 4.74 Å². The van der Waals surface area contributed by atoms with Crippen LogP contribution in [0.25, 0.3) is 0 Å². The molecule has 1 fully saturated rings. The predicted molar refractivity (Wildman–Crippen MR) is 51.6 cm³/mol. The van der Waals surface area contributed by atoms with E-state index in [4.69, 9.17) is 4.74 Å². The molecule has 60 valence electrons. The van der Waals surface area contributed by atoms with Gasteiger partial charge in [-0.3, -0.25) is 0 Å². The average Bonchev–Trinajstić information content (AvgIpc) is 1.88. The first kappa shape index (κ1) is 8.78. The van der Waals surface area contributed by atoms with Crippen LogP contribution in [0.3, 0.4) is 0 Å². The van der Waals surface area contributed by atoms with Crippen molar-refractivity contribution in [2.24, 2.45) is 5.92 Å². The molecule has 2 unspecified atom stereocenters. The van der Waals surface area contributed by atoms with Gasteiger partial charge >= 0.3 is 0 Å². The molecule has 0 aromatic rings. The van der Waals surface area contributed by atoms with Crippen LogP contribution >= 0.6 is 22.6 Å². The SMILES string of the molecule is CC(C)C1CC(I)CCO1. The third-order valence-corrected chi connectivity index (χ3v) is 3.13. The maximum absolute atomic E-state index is 5.60. The Morgan fingerprint density at radius 3 is 2.60 bits per heavy atom. The van der Waals surface area contributed by atoms with Crippen molar-refractivity contribution in [3.8, 4) is 0 Å². The zero-order valence-electron chi connectivity index (χ0n) is 6.64. The molecule has 1 rings (SSSR count). The van der Waals surface area contributed by atoms with Gasteiger partial charge in [0.25, 0.3) is 0 Å². The highest BCUT2D eigenvalue weighted by Gasteiger charge is 2.22. The molecule has 0 radical (unpaired) electrons. The minimum absolute atomic E-state index is 0.524. The van der Waals surface area contributed by atoms with Gasteiger partial charge in [-0.1, -0.05) is 36.4 Å². The van der Waals surface area contributed by atoms with E-state index in [1.54, 1.807) is 0 Å². The highest BCUT2D eigenvalue weighted by atomic mass is 127. The van der Waals surface area contributed by atoms with Gasteiger partial charge in [0, 0.05) is 10.5 Å². The van der Waals surface area contributed by atoms with Crippen LogP contribution in [0.2, 0.25) is 0 Å². The molecule has 1 heterocycles. The third kappa shape index (κ3) is 2.38. The fourth-order valence-corrected chi connectivity index (χ4v) is 2.01. The minimum atomic E-state index is 0.524. The van der Waals surface area contributed by atoms with Crippen LogP contribution in [0.1, 0.15) is 26.7 Å². The summed E-state index contributed by atoms with van der Waals surface area (Å²) >= 11 is 2.53. The maximum atomic E-state index is 5.60. The number of alkyl halides is 1. The molecule has 10 heavy (non-hydrogen) atoms. The second kappa shape index (κ2) is 3.90. The quantitative estimate of drug-likeness (QED) is 0.516. The van der Waals surface area contributed by atoms with E-state index < -0.39 is 0 Å². The van der Waals surface area contributed by atoms with Crippen molar-refractivity contribution in [3.05, 3.63) is 0 Å². The van der Waals surface area contributed by atoms with E-state index in [1.807, 2.05) is 0 Å². The molecule has 1 saturated heterocycles. The summed E-state index contributed by atoms with van der Waals surface area (Å²) < 4.78 is 6.45. The molecular weight excluding hydrogens is 239 g/mol. The lowest BCUT2D eigenvalue weighted by molar-refractivity contribution is -0.00706. The van der Waals surface area contributed by atoms with Crippen LogP contribution in [0.5, 0.6) is 0 Å². The number of halogens is 1. The monoisotopic (exact) mass is 254 g/mol. The zero-order chi connectivity index (χ0) is 7.56. The second-order valence-corrected chi connectivity index (χ2v) is 5.04. The molecule has 1 nitrogen and oxygen atoms in total. The Morgan fingerprint density at radius 2 is 2.20 bits per heavy atom. The molecule has 0 bridgehead atoms. The van der Waals surface area contributed by atoms with Crippen LogP contribution in [0.15, 0.2) is 0 Å². The molecule has 0 spiro atoms. The maximum Gasteiger partial charge on any atom is 0.0608 e. The van der Waals surface area contributed by atoms with Gasteiger partial charge in [-0.25, -0.2) is 0 Å². The Bertz CT molecular complexity index is 103. The van der Waals surface area contributed by atoms with Gasteiger partial charge in [0.15, 0.2) is 0 Å². The summed E-state index contributed by atoms with van der Waals surface area (Å²) in [4.78, 5) is 0. The molecule has 0 saturated carbocycles. The summed E-state index contributed by atoms with van der Waals surface area (Å²) in [6.07, 6.45) is 3.01. The second-order valence-electron chi connectivity index (χ2n) is 3.27. The van der Waals surface area contributed by atoms with E-state index >= 15 is 0 Å². The van der Waals surface area contributed by atoms with Gasteiger partial charge in [0.05, 0.1) is 6.10 Å².